The van der Waals surface area contributed by atoms with Crippen LogP contribution >= 0.6 is 11.3 Å². The van der Waals surface area contributed by atoms with E-state index in [9.17, 15) is 23.4 Å². The maximum atomic E-state index is 12.6. The number of carbonyl (C=O) groups is 1. The second kappa shape index (κ2) is 10.9. The number of hydrogen-bond donors (Lipinski definition) is 4. The number of fused-ring (bicyclic) bond motifs is 1. The second-order valence-electron chi connectivity index (χ2n) is 8.09. The van der Waals surface area contributed by atoms with Gasteiger partial charge in [0.2, 0.25) is 0 Å². The molecule has 0 saturated carbocycles. The van der Waals surface area contributed by atoms with Gasteiger partial charge in [-0.1, -0.05) is 24.0 Å². The van der Waals surface area contributed by atoms with Gasteiger partial charge in [-0.2, -0.15) is 0 Å². The molecule has 0 bridgehead atoms. The molecule has 0 fully saturated rings. The van der Waals surface area contributed by atoms with Gasteiger partial charge in [0.05, 0.1) is 20.5 Å². The van der Waals surface area contributed by atoms with Crippen LogP contribution in [0.25, 0.3) is 10.2 Å². The number of sulfone groups is 1. The lowest BCUT2D eigenvalue weighted by Crippen LogP contribution is -2.47. The van der Waals surface area contributed by atoms with Crippen LogP contribution in [0, 0.1) is 23.7 Å². The highest BCUT2D eigenvalue weighted by atomic mass is 32.2. The van der Waals surface area contributed by atoms with E-state index in [4.69, 9.17) is 5.11 Å². The van der Waals surface area contributed by atoms with E-state index in [0.717, 1.165) is 11.0 Å². The summed E-state index contributed by atoms with van der Waals surface area (Å²) in [5.74, 6) is 9.60. The SMILES string of the molecule is C[C@](CNC(=O)c1ccccc1O)(C[C@@H](O)c1nc2ccc(C#CC#CCO)cc2s1)S(C)(=O)=O. The average molecular weight is 513 g/mol. The van der Waals surface area contributed by atoms with Crippen molar-refractivity contribution in [2.45, 2.75) is 24.2 Å². The molecule has 0 radical (unpaired) electrons. The predicted molar refractivity (Wildman–Crippen MR) is 135 cm³/mol. The number of phenols is 1. The molecule has 0 unspecified atom stereocenters. The van der Waals surface area contributed by atoms with E-state index in [0.29, 0.717) is 16.1 Å². The molecule has 0 aliphatic heterocycles. The highest BCUT2D eigenvalue weighted by Crippen LogP contribution is 2.34. The quantitative estimate of drug-likeness (QED) is 0.356. The van der Waals surface area contributed by atoms with Crippen LogP contribution in [0.4, 0.5) is 0 Å². The van der Waals surface area contributed by atoms with Gasteiger partial charge in [-0.25, -0.2) is 13.4 Å². The highest BCUT2D eigenvalue weighted by molar-refractivity contribution is 7.92. The van der Waals surface area contributed by atoms with Gasteiger partial charge >= 0.3 is 0 Å². The second-order valence-corrected chi connectivity index (χ2v) is 11.7. The Balaban J connectivity index is 1.79. The fourth-order valence-electron chi connectivity index (χ4n) is 3.23. The molecule has 3 rings (SSSR count). The van der Waals surface area contributed by atoms with Gasteiger partial charge < -0.3 is 20.6 Å². The fraction of sp³-hybridized carbons (Fsp3) is 0.280. The van der Waals surface area contributed by atoms with Crippen molar-refractivity contribution in [2.75, 3.05) is 19.4 Å². The normalized spacial score (nSPS) is 13.6. The maximum absolute atomic E-state index is 12.6. The molecule has 3 aromatic rings. The average Bonchev–Trinajstić information content (AvgIpc) is 3.24. The molecule has 2 aromatic carbocycles. The molecular weight excluding hydrogens is 488 g/mol. The standard InChI is InChI=1S/C25H24N2O6S2/c1-25(35(2,32)33,16-26-23(31)18-9-5-6-10-20(18)29)15-21(30)24-27-19-12-11-17(14-22(19)34-24)8-4-3-7-13-28/h5-6,9-12,14,21,28-30H,13,15-16H2,1-2H3,(H,26,31)/t21-,25-/m1/s1. The van der Waals surface area contributed by atoms with E-state index < -0.39 is 26.6 Å². The molecule has 182 valence electrons. The zero-order valence-electron chi connectivity index (χ0n) is 19.1. The molecular formula is C25H24N2O6S2. The van der Waals surface area contributed by atoms with E-state index >= 15 is 0 Å². The molecule has 1 amide bonds. The minimum Gasteiger partial charge on any atom is -0.507 e. The Kier molecular flexibility index (Phi) is 8.15. The molecule has 0 saturated heterocycles. The van der Waals surface area contributed by atoms with E-state index in [1.807, 2.05) is 0 Å². The van der Waals surface area contributed by atoms with Crippen LogP contribution in [0.15, 0.2) is 42.5 Å². The third-order valence-electron chi connectivity index (χ3n) is 5.42. The van der Waals surface area contributed by atoms with Crippen LogP contribution in [-0.2, 0) is 9.84 Å². The lowest BCUT2D eigenvalue weighted by molar-refractivity contribution is 0.0938. The summed E-state index contributed by atoms with van der Waals surface area (Å²) in [6.45, 7) is 0.912. The number of nitrogens with one attached hydrogen (secondary N) is 1. The Morgan fingerprint density at radius 1 is 1.23 bits per heavy atom. The number of rotatable bonds is 7. The van der Waals surface area contributed by atoms with Crippen LogP contribution in [0.3, 0.4) is 0 Å². The number of nitrogens with zero attached hydrogens (tertiary/aromatic N) is 1. The lowest BCUT2D eigenvalue weighted by Gasteiger charge is -2.29. The van der Waals surface area contributed by atoms with E-state index in [1.165, 1.54) is 30.4 Å². The number of para-hydroxylation sites is 1. The summed E-state index contributed by atoms with van der Waals surface area (Å²) in [4.78, 5) is 16.9. The topological polar surface area (TPSA) is 137 Å². The molecule has 35 heavy (non-hydrogen) atoms. The molecule has 10 heteroatoms. The van der Waals surface area contributed by atoms with Crippen LogP contribution in [0.5, 0.6) is 5.75 Å². The van der Waals surface area contributed by atoms with Crippen molar-refractivity contribution >= 4 is 37.3 Å². The number of carbonyl (C=O) groups excluding carboxylic acids is 1. The van der Waals surface area contributed by atoms with Crippen LogP contribution in [-0.4, -0.2) is 58.8 Å². The minimum absolute atomic E-state index is 0.0244. The maximum Gasteiger partial charge on any atom is 0.255 e. The van der Waals surface area contributed by atoms with Gasteiger partial charge in [-0.15, -0.1) is 11.3 Å². The number of aromatic hydroxyl groups is 1. The van der Waals surface area contributed by atoms with Crippen molar-refractivity contribution < 1.29 is 28.5 Å². The first-order chi connectivity index (χ1) is 16.5. The number of amides is 1. The van der Waals surface area contributed by atoms with Crippen LogP contribution < -0.4 is 5.32 Å². The molecule has 0 aliphatic rings. The first-order valence-corrected chi connectivity index (χ1v) is 13.2. The summed E-state index contributed by atoms with van der Waals surface area (Å²) in [6.07, 6.45) is -0.343. The van der Waals surface area contributed by atoms with E-state index in [1.54, 1.807) is 30.3 Å². The summed E-state index contributed by atoms with van der Waals surface area (Å²) >= 11 is 1.22. The number of benzene rings is 2. The van der Waals surface area contributed by atoms with Crippen molar-refractivity contribution in [3.05, 3.63) is 58.6 Å². The molecule has 4 N–H and O–H groups in total. The fourth-order valence-corrected chi connectivity index (χ4v) is 5.02. The molecule has 1 aromatic heterocycles. The zero-order chi connectivity index (χ0) is 25.6. The van der Waals surface area contributed by atoms with Crippen molar-refractivity contribution in [1.82, 2.24) is 10.3 Å². The third kappa shape index (κ3) is 6.38. The first kappa shape index (κ1) is 26.2. The van der Waals surface area contributed by atoms with Crippen LogP contribution in [0.2, 0.25) is 0 Å². The molecule has 0 aliphatic carbocycles. The highest BCUT2D eigenvalue weighted by Gasteiger charge is 2.39. The smallest absolute Gasteiger partial charge is 0.255 e. The van der Waals surface area contributed by atoms with E-state index in [2.05, 4.69) is 34.0 Å². The Hall–Kier alpha value is -3.41. The Morgan fingerprint density at radius 3 is 2.66 bits per heavy atom. The van der Waals surface area contributed by atoms with Crippen molar-refractivity contribution in [3.63, 3.8) is 0 Å². The van der Waals surface area contributed by atoms with Gasteiger partial charge in [0, 0.05) is 24.8 Å². The third-order valence-corrected chi connectivity index (χ3v) is 8.64. The van der Waals surface area contributed by atoms with Gasteiger partial charge in [0.15, 0.2) is 9.84 Å². The van der Waals surface area contributed by atoms with Crippen molar-refractivity contribution in [3.8, 4) is 29.4 Å². The Bertz CT molecular complexity index is 1470. The summed E-state index contributed by atoms with van der Waals surface area (Å²) < 4.78 is 24.5. The summed E-state index contributed by atoms with van der Waals surface area (Å²) in [5.41, 5.74) is 1.34. The number of thiazole rings is 1. The summed E-state index contributed by atoms with van der Waals surface area (Å²) in [7, 11) is -3.72. The monoisotopic (exact) mass is 512 g/mol. The summed E-state index contributed by atoms with van der Waals surface area (Å²) in [6, 6.07) is 11.2. The van der Waals surface area contributed by atoms with Gasteiger partial charge in [0.25, 0.3) is 5.91 Å². The van der Waals surface area contributed by atoms with Gasteiger partial charge in [0.1, 0.15) is 23.5 Å². The lowest BCUT2D eigenvalue weighted by atomic mass is 10.0. The minimum atomic E-state index is -3.72. The number of phenolic OH excluding ortho intramolecular Hbond substituents is 1. The summed E-state index contributed by atoms with van der Waals surface area (Å²) in [5, 5.41) is 32.3. The molecule has 1 heterocycles. The van der Waals surface area contributed by atoms with Crippen LogP contribution in [0.1, 0.15) is 40.4 Å². The number of hydrogen-bond acceptors (Lipinski definition) is 8. The predicted octanol–water partition coefficient (Wildman–Crippen LogP) is 2.01. The molecule has 8 nitrogen and oxygen atoms in total. The molecule has 2 atom stereocenters. The Morgan fingerprint density at radius 2 is 1.97 bits per heavy atom. The first-order valence-electron chi connectivity index (χ1n) is 10.5. The number of aliphatic hydroxyl groups excluding tert-OH is 2. The van der Waals surface area contributed by atoms with Gasteiger partial charge in [-0.05, 0) is 49.1 Å². The zero-order valence-corrected chi connectivity index (χ0v) is 20.7. The molecule has 0 spiro atoms. The number of aromatic nitrogens is 1. The van der Waals surface area contributed by atoms with E-state index in [-0.39, 0.29) is 30.9 Å². The van der Waals surface area contributed by atoms with Crippen molar-refractivity contribution in [2.24, 2.45) is 0 Å². The largest absolute Gasteiger partial charge is 0.507 e. The van der Waals surface area contributed by atoms with Gasteiger partial charge in [-0.3, -0.25) is 4.79 Å². The number of aliphatic hydroxyl groups is 2. The van der Waals surface area contributed by atoms with Crippen molar-refractivity contribution in [1.29, 1.82) is 0 Å². The Labute approximate surface area is 207 Å².